The molecule has 0 radical (unpaired) electrons. The van der Waals surface area contributed by atoms with Gasteiger partial charge in [0.2, 0.25) is 0 Å². The molecule has 30 heavy (non-hydrogen) atoms. The summed E-state index contributed by atoms with van der Waals surface area (Å²) in [6.45, 7) is 2.47. The summed E-state index contributed by atoms with van der Waals surface area (Å²) in [6, 6.07) is 13.6. The van der Waals surface area contributed by atoms with Gasteiger partial charge in [-0.25, -0.2) is 4.79 Å². The highest BCUT2D eigenvalue weighted by Gasteiger charge is 2.36. The molecule has 1 atom stereocenters. The zero-order chi connectivity index (χ0) is 21.5. The molecule has 1 N–H and O–H groups in total. The van der Waals surface area contributed by atoms with Crippen LogP contribution in [0.15, 0.2) is 48.5 Å². The molecule has 0 aromatic heterocycles. The second-order valence-electron chi connectivity index (χ2n) is 7.21. The minimum absolute atomic E-state index is 0.267. The monoisotopic (exact) mass is 428 g/mol. The van der Waals surface area contributed by atoms with Crippen LogP contribution < -0.4 is 5.32 Å². The summed E-state index contributed by atoms with van der Waals surface area (Å²) in [5.41, 5.74) is 2.28. The molecule has 0 fully saturated rings. The van der Waals surface area contributed by atoms with E-state index in [4.69, 9.17) is 16.3 Å². The first-order valence-electron chi connectivity index (χ1n) is 10.1. The van der Waals surface area contributed by atoms with Crippen LogP contribution in [0.5, 0.6) is 0 Å². The number of nitrogens with zero attached hydrogens (tertiary/aromatic N) is 1. The first-order chi connectivity index (χ1) is 14.5. The van der Waals surface area contributed by atoms with Gasteiger partial charge in [0.1, 0.15) is 6.04 Å². The third-order valence-corrected chi connectivity index (χ3v) is 5.41. The van der Waals surface area contributed by atoms with Gasteiger partial charge in [0.15, 0.2) is 6.61 Å². The highest BCUT2D eigenvalue weighted by Crippen LogP contribution is 2.27. The third kappa shape index (κ3) is 5.19. The van der Waals surface area contributed by atoms with Crippen LogP contribution in [0, 0.1) is 0 Å². The lowest BCUT2D eigenvalue weighted by molar-refractivity contribution is -0.153. The number of carbonyl (C=O) groups excluding carboxylic acids is 3. The van der Waals surface area contributed by atoms with Gasteiger partial charge < -0.3 is 15.0 Å². The van der Waals surface area contributed by atoms with Crippen LogP contribution in [-0.2, 0) is 27.3 Å². The quantitative estimate of drug-likeness (QED) is 0.542. The predicted molar refractivity (Wildman–Crippen MR) is 114 cm³/mol. The van der Waals surface area contributed by atoms with E-state index >= 15 is 0 Å². The highest BCUT2D eigenvalue weighted by molar-refractivity contribution is 6.33. The van der Waals surface area contributed by atoms with Crippen LogP contribution in [0.4, 0.5) is 0 Å². The number of hydrogen-bond acceptors (Lipinski definition) is 4. The Hall–Kier alpha value is -2.86. The number of esters is 1. The Bertz CT molecular complexity index is 931. The number of hydrogen-bond donors (Lipinski definition) is 1. The van der Waals surface area contributed by atoms with Crippen molar-refractivity contribution in [3.05, 3.63) is 70.2 Å². The number of unbranched alkanes of at least 4 members (excludes halogenated alkanes) is 1. The second kappa shape index (κ2) is 10.3. The molecular formula is C23H25ClN2O4. The maximum Gasteiger partial charge on any atom is 0.329 e. The molecule has 0 spiro atoms. The van der Waals surface area contributed by atoms with Crippen LogP contribution >= 0.6 is 11.6 Å². The van der Waals surface area contributed by atoms with Crippen molar-refractivity contribution in [1.29, 1.82) is 0 Å². The van der Waals surface area contributed by atoms with Gasteiger partial charge in [-0.3, -0.25) is 9.59 Å². The number of rotatable bonds is 7. The van der Waals surface area contributed by atoms with Crippen LogP contribution in [-0.4, -0.2) is 41.9 Å². The van der Waals surface area contributed by atoms with E-state index in [0.717, 1.165) is 24.0 Å². The second-order valence-corrected chi connectivity index (χ2v) is 7.62. The number of halogens is 1. The predicted octanol–water partition coefficient (Wildman–Crippen LogP) is 3.37. The molecule has 1 heterocycles. The summed E-state index contributed by atoms with van der Waals surface area (Å²) in [4.78, 5) is 39.4. The number of carbonyl (C=O) groups is 3. The molecule has 0 saturated heterocycles. The molecule has 0 saturated carbocycles. The molecule has 0 bridgehead atoms. The van der Waals surface area contributed by atoms with Gasteiger partial charge in [0, 0.05) is 19.5 Å². The fourth-order valence-corrected chi connectivity index (χ4v) is 3.64. The summed E-state index contributed by atoms with van der Waals surface area (Å²) in [7, 11) is 0. The average molecular weight is 429 g/mol. The molecule has 6 nitrogen and oxygen atoms in total. The molecule has 1 aliphatic rings. The Morgan fingerprint density at radius 1 is 1.10 bits per heavy atom. The first kappa shape index (κ1) is 21.8. The van der Waals surface area contributed by atoms with Crippen LogP contribution in [0.1, 0.15) is 41.3 Å². The van der Waals surface area contributed by atoms with E-state index in [0.29, 0.717) is 23.6 Å². The number of amides is 2. The fourth-order valence-electron chi connectivity index (χ4n) is 3.42. The van der Waals surface area contributed by atoms with E-state index in [1.165, 1.54) is 4.90 Å². The van der Waals surface area contributed by atoms with E-state index in [2.05, 4.69) is 5.32 Å². The van der Waals surface area contributed by atoms with E-state index < -0.39 is 12.0 Å². The molecule has 3 rings (SSSR count). The Labute approximate surface area is 181 Å². The standard InChI is InChI=1S/C23H25ClN2O4/c1-2-3-12-25-21(27)15-30-23(29)20-13-16-8-4-5-9-17(16)14-26(20)22(28)18-10-6-7-11-19(18)24/h4-11,20H,2-3,12-15H2,1H3,(H,25,27)/t20-/m0/s1. The molecule has 7 heteroatoms. The van der Waals surface area contributed by atoms with Crippen LogP contribution in [0.25, 0.3) is 0 Å². The lowest BCUT2D eigenvalue weighted by Crippen LogP contribution is -2.50. The summed E-state index contributed by atoms with van der Waals surface area (Å²) < 4.78 is 5.26. The topological polar surface area (TPSA) is 75.7 Å². The third-order valence-electron chi connectivity index (χ3n) is 5.08. The van der Waals surface area contributed by atoms with Gasteiger partial charge >= 0.3 is 5.97 Å². The Kier molecular flexibility index (Phi) is 7.46. The molecule has 2 aromatic carbocycles. The SMILES string of the molecule is CCCCNC(=O)COC(=O)[C@@H]1Cc2ccccc2CN1C(=O)c1ccccc1Cl. The molecule has 2 amide bonds. The summed E-state index contributed by atoms with van der Waals surface area (Å²) in [5.74, 6) is -1.29. The van der Waals surface area contributed by atoms with Gasteiger partial charge in [-0.2, -0.15) is 0 Å². The Morgan fingerprint density at radius 3 is 2.53 bits per heavy atom. The maximum absolute atomic E-state index is 13.2. The highest BCUT2D eigenvalue weighted by atomic mass is 35.5. The van der Waals surface area contributed by atoms with Crippen molar-refractivity contribution in [3.8, 4) is 0 Å². The van der Waals surface area contributed by atoms with Crippen molar-refractivity contribution in [2.75, 3.05) is 13.2 Å². The summed E-state index contributed by atoms with van der Waals surface area (Å²) in [5, 5.41) is 3.03. The molecule has 2 aromatic rings. The van der Waals surface area contributed by atoms with E-state index in [9.17, 15) is 14.4 Å². The van der Waals surface area contributed by atoms with Gasteiger partial charge in [0.25, 0.3) is 11.8 Å². The van der Waals surface area contributed by atoms with Crippen LogP contribution in [0.2, 0.25) is 5.02 Å². The lowest BCUT2D eigenvalue weighted by Gasteiger charge is -2.35. The fraction of sp³-hybridized carbons (Fsp3) is 0.348. The molecule has 0 unspecified atom stereocenters. The largest absolute Gasteiger partial charge is 0.454 e. The first-order valence-corrected chi connectivity index (χ1v) is 10.4. The van der Waals surface area contributed by atoms with Crippen molar-refractivity contribution in [1.82, 2.24) is 10.2 Å². The van der Waals surface area contributed by atoms with Gasteiger partial charge in [0.05, 0.1) is 10.6 Å². The Balaban J connectivity index is 1.77. The Morgan fingerprint density at radius 2 is 1.80 bits per heavy atom. The number of fused-ring (bicyclic) bond motifs is 1. The smallest absolute Gasteiger partial charge is 0.329 e. The van der Waals surface area contributed by atoms with Gasteiger partial charge in [-0.15, -0.1) is 0 Å². The summed E-state index contributed by atoms with van der Waals surface area (Å²) in [6.07, 6.45) is 2.14. The zero-order valence-corrected chi connectivity index (χ0v) is 17.7. The number of benzene rings is 2. The van der Waals surface area contributed by atoms with Crippen molar-refractivity contribution < 1.29 is 19.1 Å². The van der Waals surface area contributed by atoms with Crippen LogP contribution in [0.3, 0.4) is 0 Å². The number of ether oxygens (including phenoxy) is 1. The molecule has 158 valence electrons. The molecule has 1 aliphatic heterocycles. The van der Waals surface area contributed by atoms with Crippen molar-refractivity contribution in [2.45, 2.75) is 38.8 Å². The van der Waals surface area contributed by atoms with Crippen molar-refractivity contribution in [3.63, 3.8) is 0 Å². The van der Waals surface area contributed by atoms with Gasteiger partial charge in [-0.1, -0.05) is 61.3 Å². The summed E-state index contributed by atoms with van der Waals surface area (Å²) >= 11 is 6.21. The van der Waals surface area contributed by atoms with E-state index in [-0.39, 0.29) is 25.0 Å². The van der Waals surface area contributed by atoms with Crippen molar-refractivity contribution in [2.24, 2.45) is 0 Å². The normalized spacial score (nSPS) is 15.3. The lowest BCUT2D eigenvalue weighted by atomic mass is 9.93. The minimum atomic E-state index is -0.827. The molecule has 0 aliphatic carbocycles. The average Bonchev–Trinajstić information content (AvgIpc) is 2.76. The van der Waals surface area contributed by atoms with E-state index in [1.807, 2.05) is 31.2 Å². The zero-order valence-electron chi connectivity index (χ0n) is 16.9. The minimum Gasteiger partial charge on any atom is -0.454 e. The van der Waals surface area contributed by atoms with E-state index in [1.54, 1.807) is 24.3 Å². The molecular weight excluding hydrogens is 404 g/mol. The maximum atomic E-state index is 13.2. The number of nitrogens with one attached hydrogen (secondary N) is 1. The van der Waals surface area contributed by atoms with Gasteiger partial charge in [-0.05, 0) is 29.7 Å². The van der Waals surface area contributed by atoms with Crippen molar-refractivity contribution >= 4 is 29.4 Å².